The average molecular weight is 240 g/mol. The van der Waals surface area contributed by atoms with Crippen LogP contribution >= 0.6 is 0 Å². The molecular weight excluding hydrogens is 224 g/mol. The summed E-state index contributed by atoms with van der Waals surface area (Å²) in [5.41, 5.74) is 1.35. The molecule has 1 aromatic heterocycles. The summed E-state index contributed by atoms with van der Waals surface area (Å²) >= 11 is 0. The summed E-state index contributed by atoms with van der Waals surface area (Å²) in [5.74, 6) is -1.10. The Bertz CT molecular complexity index is 425. The number of nitrogens with zero attached hydrogens (tertiary/aromatic N) is 1. The van der Waals surface area contributed by atoms with Gasteiger partial charge in [-0.05, 0) is 19.1 Å². The minimum atomic E-state index is -1.04. The lowest BCUT2D eigenvalue weighted by Gasteiger charge is -2.14. The number of aliphatic hydroxyl groups is 1. The summed E-state index contributed by atoms with van der Waals surface area (Å²) in [4.78, 5) is 23.0. The third-order valence-electron chi connectivity index (χ3n) is 2.58. The van der Waals surface area contributed by atoms with Gasteiger partial charge in [-0.1, -0.05) is 0 Å². The van der Waals surface area contributed by atoms with E-state index < -0.39 is 24.5 Å². The lowest BCUT2D eigenvalue weighted by atomic mass is 10.3. The Balaban J connectivity index is 2.78. The molecule has 0 radical (unpaired) electrons. The van der Waals surface area contributed by atoms with Crippen molar-refractivity contribution >= 4 is 11.9 Å². The number of hydrogen-bond acceptors (Lipinski definition) is 4. The number of amides is 1. The van der Waals surface area contributed by atoms with Crippen molar-refractivity contribution in [1.82, 2.24) is 9.88 Å². The highest BCUT2D eigenvalue weighted by Gasteiger charge is 2.22. The maximum Gasteiger partial charge on any atom is 0.330 e. The molecule has 1 amide bonds. The van der Waals surface area contributed by atoms with Crippen LogP contribution in [0.4, 0.5) is 0 Å². The Morgan fingerprint density at radius 3 is 2.59 bits per heavy atom. The first-order chi connectivity index (χ1) is 8.01. The van der Waals surface area contributed by atoms with Gasteiger partial charge in [-0.2, -0.15) is 0 Å². The smallest absolute Gasteiger partial charge is 0.330 e. The van der Waals surface area contributed by atoms with E-state index in [0.29, 0.717) is 5.69 Å². The summed E-state index contributed by atoms with van der Waals surface area (Å²) in [6.45, 7) is 1.36. The Morgan fingerprint density at radius 2 is 2.18 bits per heavy atom. The highest BCUT2D eigenvalue weighted by molar-refractivity contribution is 5.95. The number of carbonyl (C=O) groups is 2. The lowest BCUT2D eigenvalue weighted by molar-refractivity contribution is -0.143. The van der Waals surface area contributed by atoms with Crippen molar-refractivity contribution in [3.8, 4) is 0 Å². The van der Waals surface area contributed by atoms with Crippen molar-refractivity contribution in [2.45, 2.75) is 13.0 Å². The van der Waals surface area contributed by atoms with Gasteiger partial charge in [0.05, 0.1) is 13.7 Å². The van der Waals surface area contributed by atoms with Crippen LogP contribution in [0.2, 0.25) is 0 Å². The molecule has 94 valence electrons. The van der Waals surface area contributed by atoms with E-state index in [2.05, 4.69) is 10.1 Å². The van der Waals surface area contributed by atoms with Crippen LogP contribution in [0.15, 0.2) is 12.1 Å². The molecule has 6 heteroatoms. The van der Waals surface area contributed by atoms with Crippen LogP contribution < -0.4 is 5.32 Å². The highest BCUT2D eigenvalue weighted by Crippen LogP contribution is 2.05. The lowest BCUT2D eigenvalue weighted by Crippen LogP contribution is -2.44. The predicted octanol–water partition coefficient (Wildman–Crippen LogP) is -0.403. The Hall–Kier alpha value is -1.82. The quantitative estimate of drug-likeness (QED) is 0.702. The summed E-state index contributed by atoms with van der Waals surface area (Å²) in [6.07, 6.45) is 0. The van der Waals surface area contributed by atoms with Crippen LogP contribution in [0.1, 0.15) is 16.2 Å². The van der Waals surface area contributed by atoms with Crippen molar-refractivity contribution < 1.29 is 19.4 Å². The number of aliphatic hydroxyl groups excluding tert-OH is 1. The van der Waals surface area contributed by atoms with Crippen LogP contribution in [-0.4, -0.2) is 41.3 Å². The number of methoxy groups -OCH3 is 1. The number of carbonyl (C=O) groups excluding carboxylic acids is 2. The molecule has 0 aliphatic heterocycles. The van der Waals surface area contributed by atoms with Crippen LogP contribution in [0, 0.1) is 6.92 Å². The number of ether oxygens (including phenoxy) is 1. The third-order valence-corrected chi connectivity index (χ3v) is 2.58. The minimum absolute atomic E-state index is 0.421. The second-order valence-electron chi connectivity index (χ2n) is 3.65. The Morgan fingerprint density at radius 1 is 1.53 bits per heavy atom. The minimum Gasteiger partial charge on any atom is -0.467 e. The zero-order valence-corrected chi connectivity index (χ0v) is 10.1. The van der Waals surface area contributed by atoms with E-state index in [4.69, 9.17) is 5.11 Å². The maximum absolute atomic E-state index is 11.8. The van der Waals surface area contributed by atoms with Crippen LogP contribution in [0.5, 0.6) is 0 Å². The number of aryl methyl sites for hydroxylation is 1. The van der Waals surface area contributed by atoms with Gasteiger partial charge in [-0.25, -0.2) is 4.79 Å². The van der Waals surface area contributed by atoms with E-state index in [-0.39, 0.29) is 0 Å². The van der Waals surface area contributed by atoms with Gasteiger partial charge in [-0.15, -0.1) is 0 Å². The molecule has 0 aliphatic rings. The van der Waals surface area contributed by atoms with Gasteiger partial charge in [0.25, 0.3) is 5.91 Å². The molecule has 1 unspecified atom stereocenters. The summed E-state index contributed by atoms with van der Waals surface area (Å²) in [5, 5.41) is 11.4. The van der Waals surface area contributed by atoms with Crippen molar-refractivity contribution in [2.75, 3.05) is 13.7 Å². The zero-order chi connectivity index (χ0) is 13.0. The van der Waals surface area contributed by atoms with Gasteiger partial charge in [0.2, 0.25) is 0 Å². The number of nitrogens with one attached hydrogen (secondary N) is 1. The Labute approximate surface area is 99.2 Å². The third kappa shape index (κ3) is 2.85. The first-order valence-electron chi connectivity index (χ1n) is 5.13. The topological polar surface area (TPSA) is 80.6 Å². The van der Waals surface area contributed by atoms with E-state index >= 15 is 0 Å². The molecule has 1 rings (SSSR count). The average Bonchev–Trinajstić information content (AvgIpc) is 2.66. The van der Waals surface area contributed by atoms with E-state index in [1.165, 1.54) is 7.11 Å². The monoisotopic (exact) mass is 240 g/mol. The van der Waals surface area contributed by atoms with Gasteiger partial charge in [0.1, 0.15) is 5.69 Å². The van der Waals surface area contributed by atoms with E-state index in [0.717, 1.165) is 5.69 Å². The fourth-order valence-electron chi connectivity index (χ4n) is 1.39. The van der Waals surface area contributed by atoms with Crippen LogP contribution in [-0.2, 0) is 16.6 Å². The molecule has 0 bridgehead atoms. The molecule has 0 aromatic carbocycles. The molecule has 6 nitrogen and oxygen atoms in total. The molecule has 0 fully saturated rings. The fraction of sp³-hybridized carbons (Fsp3) is 0.455. The zero-order valence-electron chi connectivity index (χ0n) is 10.1. The normalized spacial score (nSPS) is 12.0. The molecular formula is C11H16N2O4. The number of rotatable bonds is 4. The molecule has 2 N–H and O–H groups in total. The van der Waals surface area contributed by atoms with E-state index in [9.17, 15) is 9.59 Å². The second-order valence-corrected chi connectivity index (χ2v) is 3.65. The highest BCUT2D eigenvalue weighted by atomic mass is 16.5. The van der Waals surface area contributed by atoms with Crippen molar-refractivity contribution in [1.29, 1.82) is 0 Å². The number of esters is 1. The molecule has 0 aliphatic carbocycles. The summed E-state index contributed by atoms with van der Waals surface area (Å²) in [7, 11) is 2.94. The molecule has 1 atom stereocenters. The van der Waals surface area contributed by atoms with Gasteiger partial charge in [-0.3, -0.25) is 4.79 Å². The van der Waals surface area contributed by atoms with Crippen LogP contribution in [0.3, 0.4) is 0 Å². The van der Waals surface area contributed by atoms with Crippen LogP contribution in [0.25, 0.3) is 0 Å². The fourth-order valence-corrected chi connectivity index (χ4v) is 1.39. The number of hydrogen-bond donors (Lipinski definition) is 2. The largest absolute Gasteiger partial charge is 0.467 e. The van der Waals surface area contributed by atoms with E-state index in [1.807, 2.05) is 6.92 Å². The Kier molecular flexibility index (Phi) is 4.28. The summed E-state index contributed by atoms with van der Waals surface area (Å²) < 4.78 is 6.15. The molecule has 0 saturated carbocycles. The number of aromatic nitrogens is 1. The van der Waals surface area contributed by atoms with Gasteiger partial charge >= 0.3 is 5.97 Å². The SMILES string of the molecule is COC(=O)C(CO)NC(=O)c1ccc(C)n1C. The van der Waals surface area contributed by atoms with Crippen molar-refractivity contribution in [3.63, 3.8) is 0 Å². The van der Waals surface area contributed by atoms with Gasteiger partial charge in [0.15, 0.2) is 6.04 Å². The summed E-state index contributed by atoms with van der Waals surface area (Å²) in [6, 6.07) is 2.40. The standard InChI is InChI=1S/C11H16N2O4/c1-7-4-5-9(13(7)2)10(15)12-8(6-14)11(16)17-3/h4-5,8,14H,6H2,1-3H3,(H,12,15). The first-order valence-corrected chi connectivity index (χ1v) is 5.13. The maximum atomic E-state index is 11.8. The van der Waals surface area contributed by atoms with Gasteiger partial charge in [0, 0.05) is 12.7 Å². The molecule has 1 heterocycles. The van der Waals surface area contributed by atoms with Crippen molar-refractivity contribution in [3.05, 3.63) is 23.5 Å². The molecule has 17 heavy (non-hydrogen) atoms. The second kappa shape index (κ2) is 5.49. The van der Waals surface area contributed by atoms with Gasteiger partial charge < -0.3 is 19.7 Å². The molecule has 1 aromatic rings. The molecule has 0 spiro atoms. The molecule has 0 saturated heterocycles. The van der Waals surface area contributed by atoms with Crippen molar-refractivity contribution in [2.24, 2.45) is 7.05 Å². The van der Waals surface area contributed by atoms with E-state index in [1.54, 1.807) is 23.7 Å². The first kappa shape index (κ1) is 13.2. The predicted molar refractivity (Wildman–Crippen MR) is 60.5 cm³/mol.